The number of hydrogen-bond acceptors (Lipinski definition) is 11. The van der Waals surface area contributed by atoms with Crippen LogP contribution in [0.5, 0.6) is 0 Å². The Morgan fingerprint density at radius 2 is 0.717 bits per heavy atom. The van der Waals surface area contributed by atoms with E-state index in [-0.39, 0.29) is 38.4 Å². The van der Waals surface area contributed by atoms with Crippen LogP contribution in [0.1, 0.15) is 26.7 Å². The van der Waals surface area contributed by atoms with Crippen molar-refractivity contribution in [2.24, 2.45) is 0 Å². The fraction of sp³-hybridized carbons (Fsp3) is 0.750. The van der Waals surface area contributed by atoms with Crippen molar-refractivity contribution >= 4 is 74.9 Å². The lowest BCUT2D eigenvalue weighted by Crippen LogP contribution is -2.67. The van der Waals surface area contributed by atoms with E-state index in [1.807, 2.05) is 0 Å². The largest absolute Gasteiger partial charge is 0.472 e. The second kappa shape index (κ2) is 22.6. The van der Waals surface area contributed by atoms with E-state index in [2.05, 4.69) is 113 Å². The van der Waals surface area contributed by atoms with Crippen LogP contribution in [0.25, 0.3) is 0 Å². The third kappa shape index (κ3) is 26.5. The Balaban J connectivity index is 6.19. The van der Waals surface area contributed by atoms with Gasteiger partial charge in [-0.25, -0.2) is 19.2 Å². The van der Waals surface area contributed by atoms with E-state index in [9.17, 15) is 19.2 Å². The second-order valence-corrected chi connectivity index (χ2v) is 41.4. The molecule has 4 amide bonds. The van der Waals surface area contributed by atoms with Gasteiger partial charge in [0.05, 0.1) is 13.1 Å². The first-order chi connectivity index (χ1) is 24.0. The minimum atomic E-state index is -3.55. The smallest absolute Gasteiger partial charge is 0.460 e. The van der Waals surface area contributed by atoms with Crippen molar-refractivity contribution < 1.29 is 49.2 Å². The quantitative estimate of drug-likeness (QED) is 0.0352. The molecule has 21 heteroatoms. The summed E-state index contributed by atoms with van der Waals surface area (Å²) in [6, 6.07) is 0.0687. The normalized spacial score (nSPS) is 12.8. The standard InChI is InChI=1S/C32H70N4O11Si6/c1-27(2)29(37)41-23-21-35-31(39)33-19-17-25-52(43-48(5,6)7,44-49(8,9)10)47-53(45-50(11,12)13,46-51(14,15)16)26-18-20-34-32(40)36-22-24-42-30(38)28(3)4/h1,3,17-26H2,2,4-16H3,(H2,33,35,39)(H2,34,36,40). The van der Waals surface area contributed by atoms with Crippen LogP contribution in [0, 0.1) is 0 Å². The lowest BCUT2D eigenvalue weighted by atomic mass is 10.4. The summed E-state index contributed by atoms with van der Waals surface area (Å²) in [5, 5.41) is 11.1. The van der Waals surface area contributed by atoms with Crippen LogP contribution in [0.2, 0.25) is 90.7 Å². The monoisotopic (exact) mass is 854 g/mol. The van der Waals surface area contributed by atoms with Gasteiger partial charge in [-0.3, -0.25) is 0 Å². The Labute approximate surface area is 325 Å². The van der Waals surface area contributed by atoms with Gasteiger partial charge in [0, 0.05) is 36.3 Å². The number of esters is 2. The van der Waals surface area contributed by atoms with Crippen LogP contribution in [-0.2, 0) is 39.6 Å². The van der Waals surface area contributed by atoms with Gasteiger partial charge in [0.1, 0.15) is 13.2 Å². The number of nitrogens with one attached hydrogen (secondary N) is 4. The number of ether oxygens (including phenoxy) is 2. The topological polar surface area (TPSA) is 181 Å². The summed E-state index contributed by atoms with van der Waals surface area (Å²) in [6.45, 7) is 36.4. The van der Waals surface area contributed by atoms with Gasteiger partial charge in [-0.2, -0.15) is 0 Å². The van der Waals surface area contributed by atoms with Crippen LogP contribution >= 0.6 is 0 Å². The van der Waals surface area contributed by atoms with E-state index in [4.69, 9.17) is 30.0 Å². The highest BCUT2D eigenvalue weighted by molar-refractivity contribution is 6.92. The van der Waals surface area contributed by atoms with Gasteiger partial charge in [-0.1, -0.05) is 13.2 Å². The average Bonchev–Trinajstić information content (AvgIpc) is 2.94. The number of amides is 4. The van der Waals surface area contributed by atoms with Crippen molar-refractivity contribution in [1.29, 1.82) is 0 Å². The molecule has 0 aliphatic rings. The van der Waals surface area contributed by atoms with Gasteiger partial charge in [0.2, 0.25) is 0 Å². The summed E-state index contributed by atoms with van der Waals surface area (Å²) in [7, 11) is -16.3. The maximum absolute atomic E-state index is 12.5. The van der Waals surface area contributed by atoms with Gasteiger partial charge in [-0.15, -0.1) is 0 Å². The van der Waals surface area contributed by atoms with Gasteiger partial charge in [-0.05, 0) is 105 Å². The van der Waals surface area contributed by atoms with E-state index < -0.39 is 62.8 Å². The average molecular weight is 855 g/mol. The third-order valence-corrected chi connectivity index (χ3v) is 25.2. The van der Waals surface area contributed by atoms with Crippen LogP contribution in [0.3, 0.4) is 0 Å². The molecule has 0 rings (SSSR count). The van der Waals surface area contributed by atoms with Crippen LogP contribution < -0.4 is 21.3 Å². The molecule has 4 N–H and O–H groups in total. The first-order valence-electron chi connectivity index (χ1n) is 18.2. The maximum atomic E-state index is 12.5. The summed E-state index contributed by atoms with van der Waals surface area (Å²) >= 11 is 0. The van der Waals surface area contributed by atoms with Crippen LogP contribution in [0.15, 0.2) is 24.3 Å². The molecule has 0 saturated carbocycles. The number of rotatable bonds is 26. The van der Waals surface area contributed by atoms with E-state index in [0.29, 0.717) is 49.2 Å². The molecule has 53 heavy (non-hydrogen) atoms. The van der Waals surface area contributed by atoms with Crippen molar-refractivity contribution in [3.05, 3.63) is 24.3 Å². The Morgan fingerprint density at radius 1 is 0.453 bits per heavy atom. The molecule has 0 heterocycles. The second-order valence-electron chi connectivity index (χ2n) is 16.7. The lowest BCUT2D eigenvalue weighted by molar-refractivity contribution is -0.139. The molecule has 0 aromatic heterocycles. The molecule has 0 atom stereocenters. The predicted octanol–water partition coefficient (Wildman–Crippen LogP) is 5.90. The highest BCUT2D eigenvalue weighted by Crippen LogP contribution is 2.35. The van der Waals surface area contributed by atoms with Crippen molar-refractivity contribution in [1.82, 2.24) is 21.3 Å². The molecule has 308 valence electrons. The summed E-state index contributed by atoms with van der Waals surface area (Å²) in [5.41, 5.74) is 0.582. The van der Waals surface area contributed by atoms with E-state index >= 15 is 0 Å². The predicted molar refractivity (Wildman–Crippen MR) is 224 cm³/mol. The highest BCUT2D eigenvalue weighted by atomic mass is 28.5. The highest BCUT2D eigenvalue weighted by Gasteiger charge is 2.58. The molecule has 0 aliphatic heterocycles. The Morgan fingerprint density at radius 3 is 0.962 bits per heavy atom. The molecule has 0 saturated heterocycles. The third-order valence-electron chi connectivity index (χ3n) is 5.99. The fourth-order valence-electron chi connectivity index (χ4n) is 4.54. The van der Waals surface area contributed by atoms with Crippen molar-refractivity contribution in [3.8, 4) is 0 Å². The zero-order valence-corrected chi connectivity index (χ0v) is 41.0. The SMILES string of the molecule is C=C(C)C(=O)OCCNC(=O)NCCC[Si](O[Si](C)(C)C)(O[Si](C)(C)C)O[Si](CCCNC(=O)NCCOC(=O)C(=C)C)(O[Si](C)(C)C)O[Si](C)(C)C. The first kappa shape index (κ1) is 51.1. The molecule has 0 aromatic carbocycles. The van der Waals surface area contributed by atoms with Crippen molar-refractivity contribution in [2.75, 3.05) is 39.4 Å². The summed E-state index contributed by atoms with van der Waals surface area (Å²) in [6.07, 6.45) is 1.01. The summed E-state index contributed by atoms with van der Waals surface area (Å²) in [4.78, 5) is 48.3. The fourth-order valence-corrected chi connectivity index (χ4v) is 28.3. The first-order valence-corrected chi connectivity index (χ1v) is 35.7. The van der Waals surface area contributed by atoms with Crippen LogP contribution in [-0.4, -0.2) is 114 Å². The van der Waals surface area contributed by atoms with Crippen LogP contribution in [0.4, 0.5) is 9.59 Å². The van der Waals surface area contributed by atoms with Gasteiger partial charge in [0.15, 0.2) is 33.3 Å². The van der Waals surface area contributed by atoms with Gasteiger partial charge in [0.25, 0.3) is 0 Å². The number of hydrogen-bond donors (Lipinski definition) is 4. The van der Waals surface area contributed by atoms with Crippen molar-refractivity contribution in [3.63, 3.8) is 0 Å². The van der Waals surface area contributed by atoms with E-state index in [1.54, 1.807) is 13.8 Å². The zero-order valence-electron chi connectivity index (χ0n) is 35.0. The molecule has 0 spiro atoms. The molecule has 0 fully saturated rings. The molecule has 0 radical (unpaired) electrons. The maximum Gasteiger partial charge on any atom is 0.472 e. The molecule has 0 aromatic rings. The van der Waals surface area contributed by atoms with E-state index in [1.165, 1.54) is 0 Å². The molecular formula is C32H70N4O11Si6. The molecule has 0 aliphatic carbocycles. The molecule has 15 nitrogen and oxygen atoms in total. The number of carbonyl (C=O) groups excluding carboxylic acids is 4. The Hall–Kier alpha value is -1.94. The minimum absolute atomic E-state index is 0.0329. The molecule has 0 unspecified atom stereocenters. The minimum Gasteiger partial charge on any atom is -0.460 e. The van der Waals surface area contributed by atoms with E-state index in [0.717, 1.165) is 0 Å². The lowest BCUT2D eigenvalue weighted by Gasteiger charge is -2.47. The summed E-state index contributed by atoms with van der Waals surface area (Å²) in [5.74, 6) is -1.02. The molecule has 0 bridgehead atoms. The van der Waals surface area contributed by atoms with Gasteiger partial charge < -0.3 is 51.3 Å². The Bertz CT molecular complexity index is 1110. The number of urea groups is 2. The zero-order chi connectivity index (χ0) is 41.3. The Kier molecular flexibility index (Phi) is 21.7. The summed E-state index contributed by atoms with van der Waals surface area (Å²) < 4.78 is 45.5. The van der Waals surface area contributed by atoms with Gasteiger partial charge >= 0.3 is 41.6 Å². The number of carbonyl (C=O) groups is 4. The molecular weight excluding hydrogens is 785 g/mol. The van der Waals surface area contributed by atoms with Crippen molar-refractivity contribution in [2.45, 2.75) is 117 Å².